The van der Waals surface area contributed by atoms with Crippen LogP contribution in [0.5, 0.6) is 0 Å². The second-order valence-corrected chi connectivity index (χ2v) is 7.88. The van der Waals surface area contributed by atoms with Gasteiger partial charge in [-0.2, -0.15) is 8.42 Å². The van der Waals surface area contributed by atoms with Crippen molar-refractivity contribution in [2.45, 2.75) is 31.6 Å². The van der Waals surface area contributed by atoms with Gasteiger partial charge in [0.15, 0.2) is 5.84 Å². The van der Waals surface area contributed by atoms with E-state index in [-0.39, 0.29) is 23.8 Å². The van der Waals surface area contributed by atoms with Gasteiger partial charge in [-0.1, -0.05) is 26.0 Å². The number of carboxylic acids is 1. The van der Waals surface area contributed by atoms with Gasteiger partial charge in [0.2, 0.25) is 5.91 Å². The molecule has 26 heavy (non-hydrogen) atoms. The van der Waals surface area contributed by atoms with Crippen molar-refractivity contribution in [3.05, 3.63) is 29.8 Å². The molecule has 1 aliphatic rings. The number of amidine groups is 1. The molecule has 2 rings (SSSR count). The number of carbonyl (C=O) groups is 2. The normalized spacial score (nSPS) is 15.1. The number of amides is 1. The van der Waals surface area contributed by atoms with Crippen LogP contribution < -0.4 is 5.32 Å². The molecule has 0 saturated carbocycles. The first-order valence-electron chi connectivity index (χ1n) is 8.32. The molecule has 142 valence electrons. The van der Waals surface area contributed by atoms with Crippen LogP contribution in [0, 0.1) is 5.41 Å². The van der Waals surface area contributed by atoms with E-state index < -0.39 is 27.3 Å². The smallest absolute Gasteiger partial charge is 0.311 e. The van der Waals surface area contributed by atoms with Crippen molar-refractivity contribution in [2.75, 3.05) is 20.1 Å². The van der Waals surface area contributed by atoms with Crippen molar-refractivity contribution < 1.29 is 23.1 Å². The highest BCUT2D eigenvalue weighted by molar-refractivity contribution is 7.90. The molecule has 0 atom stereocenters. The van der Waals surface area contributed by atoms with E-state index >= 15 is 0 Å². The average Bonchev–Trinajstić information content (AvgIpc) is 2.88. The van der Waals surface area contributed by atoms with E-state index in [4.69, 9.17) is 0 Å². The summed E-state index contributed by atoms with van der Waals surface area (Å²) in [5, 5.41) is 12.1. The molecule has 0 aromatic heterocycles. The fourth-order valence-electron chi connectivity index (χ4n) is 2.86. The van der Waals surface area contributed by atoms with E-state index in [2.05, 4.69) is 9.71 Å². The van der Waals surface area contributed by atoms with E-state index in [9.17, 15) is 23.1 Å². The minimum atomic E-state index is -3.75. The van der Waals surface area contributed by atoms with Crippen molar-refractivity contribution >= 4 is 27.7 Å². The molecule has 1 aliphatic heterocycles. The quantitative estimate of drug-likeness (QED) is 0.730. The number of carbonyl (C=O) groups excluding carboxylic acids is 1. The van der Waals surface area contributed by atoms with Crippen molar-refractivity contribution in [3.8, 4) is 0 Å². The van der Waals surface area contributed by atoms with Crippen LogP contribution in [-0.2, 0) is 19.6 Å². The van der Waals surface area contributed by atoms with Gasteiger partial charge >= 0.3 is 5.97 Å². The molecule has 0 fully saturated rings. The van der Waals surface area contributed by atoms with Gasteiger partial charge in [-0.05, 0) is 25.0 Å². The zero-order chi connectivity index (χ0) is 19.5. The number of hydrogen-bond donors (Lipinski definition) is 2. The number of hydrogen-bond acceptors (Lipinski definition) is 5. The van der Waals surface area contributed by atoms with Gasteiger partial charge in [-0.3, -0.25) is 9.59 Å². The zero-order valence-corrected chi connectivity index (χ0v) is 15.8. The lowest BCUT2D eigenvalue weighted by Crippen LogP contribution is -2.45. The monoisotopic (exact) mass is 381 g/mol. The molecule has 2 N–H and O–H groups in total. The molecule has 0 saturated heterocycles. The number of fused-ring (bicyclic) bond motifs is 1. The van der Waals surface area contributed by atoms with E-state index in [1.54, 1.807) is 39.1 Å². The molecule has 0 radical (unpaired) electrons. The predicted molar refractivity (Wildman–Crippen MR) is 96.5 cm³/mol. The third-order valence-electron chi connectivity index (χ3n) is 4.79. The summed E-state index contributed by atoms with van der Waals surface area (Å²) in [6.45, 7) is 3.42. The molecule has 1 aromatic carbocycles. The third-order valence-corrected chi connectivity index (χ3v) is 6.11. The highest BCUT2D eigenvalue weighted by Gasteiger charge is 2.35. The molecule has 0 aliphatic carbocycles. The minimum Gasteiger partial charge on any atom is -0.481 e. The van der Waals surface area contributed by atoms with Gasteiger partial charge in [-0.15, -0.1) is 4.40 Å². The summed E-state index contributed by atoms with van der Waals surface area (Å²) in [5.41, 5.74) is -0.556. The Hall–Kier alpha value is -2.42. The second kappa shape index (κ2) is 7.45. The van der Waals surface area contributed by atoms with Crippen LogP contribution in [0.3, 0.4) is 0 Å². The Kier molecular flexibility index (Phi) is 5.70. The molecule has 1 heterocycles. The summed E-state index contributed by atoms with van der Waals surface area (Å²) in [7, 11) is -2.18. The highest BCUT2D eigenvalue weighted by atomic mass is 32.2. The molecular formula is C17H23N3O5S. The predicted octanol–water partition coefficient (Wildman–Crippen LogP) is 1.07. The largest absolute Gasteiger partial charge is 0.481 e. The first-order valence-corrected chi connectivity index (χ1v) is 9.76. The van der Waals surface area contributed by atoms with Crippen LogP contribution in [-0.4, -0.2) is 56.3 Å². The number of likely N-dealkylation sites (N-methyl/N-ethyl adjacent to an activating group) is 1. The van der Waals surface area contributed by atoms with Gasteiger partial charge in [0.25, 0.3) is 10.0 Å². The summed E-state index contributed by atoms with van der Waals surface area (Å²) in [4.78, 5) is 25.3. The summed E-state index contributed by atoms with van der Waals surface area (Å²) in [6.07, 6.45) is 0.792. The highest BCUT2D eigenvalue weighted by Crippen LogP contribution is 2.27. The van der Waals surface area contributed by atoms with Crippen molar-refractivity contribution in [2.24, 2.45) is 9.81 Å². The molecule has 0 unspecified atom stereocenters. The Balaban J connectivity index is 2.08. The lowest BCUT2D eigenvalue weighted by Gasteiger charge is -2.27. The maximum atomic E-state index is 12.2. The van der Waals surface area contributed by atoms with Crippen LogP contribution in [0.15, 0.2) is 33.6 Å². The fraction of sp³-hybridized carbons (Fsp3) is 0.471. The van der Waals surface area contributed by atoms with Crippen molar-refractivity contribution in [1.29, 1.82) is 0 Å². The summed E-state index contributed by atoms with van der Waals surface area (Å²) in [6, 6.07) is 6.42. The number of aliphatic carboxylic acids is 1. The van der Waals surface area contributed by atoms with Crippen molar-refractivity contribution in [1.82, 2.24) is 10.2 Å². The lowest BCUT2D eigenvalue weighted by atomic mass is 9.82. The summed E-state index contributed by atoms with van der Waals surface area (Å²) < 4.78 is 27.9. The van der Waals surface area contributed by atoms with Crippen LogP contribution in [0.25, 0.3) is 0 Å². The Bertz CT molecular complexity index is 844. The summed E-state index contributed by atoms with van der Waals surface area (Å²) in [5.74, 6) is -1.15. The second-order valence-electron chi connectivity index (χ2n) is 6.31. The number of rotatable bonds is 7. The number of sulfonamides is 1. The van der Waals surface area contributed by atoms with Crippen LogP contribution in [0.4, 0.5) is 0 Å². The number of nitrogens with zero attached hydrogens (tertiary/aromatic N) is 2. The minimum absolute atomic E-state index is 0.0172. The standard InChI is InChI=1S/C17H23N3O5S/c1-4-17(5-2,16(22)23)11-18-14(21)10-20(3)15-12-8-6-7-9-13(12)26(24,25)19-15/h6-9H,4-5,10-11H2,1-3H3,(H,18,21)(H,22,23). The molecule has 9 heteroatoms. The SMILES string of the molecule is CCC(CC)(CNC(=O)CN(C)C1=NS(=O)(=O)c2ccccc21)C(=O)O. The first-order chi connectivity index (χ1) is 12.2. The zero-order valence-electron chi connectivity index (χ0n) is 15.0. The van der Waals surface area contributed by atoms with Crippen LogP contribution in [0.1, 0.15) is 32.3 Å². The molecular weight excluding hydrogens is 358 g/mol. The van der Waals surface area contributed by atoms with E-state index in [1.165, 1.54) is 11.0 Å². The topological polar surface area (TPSA) is 116 Å². The third kappa shape index (κ3) is 3.72. The van der Waals surface area contributed by atoms with E-state index in [0.29, 0.717) is 18.4 Å². The number of benzene rings is 1. The van der Waals surface area contributed by atoms with Gasteiger partial charge in [0.05, 0.1) is 12.0 Å². The Morgan fingerprint density at radius 2 is 1.85 bits per heavy atom. The Morgan fingerprint density at radius 3 is 2.42 bits per heavy atom. The van der Waals surface area contributed by atoms with Gasteiger partial charge in [0, 0.05) is 19.2 Å². The fourth-order valence-corrected chi connectivity index (χ4v) is 4.11. The van der Waals surface area contributed by atoms with Crippen molar-refractivity contribution in [3.63, 3.8) is 0 Å². The first kappa shape index (κ1) is 19.9. The van der Waals surface area contributed by atoms with Crippen LogP contribution in [0.2, 0.25) is 0 Å². The van der Waals surface area contributed by atoms with Gasteiger partial charge in [-0.25, -0.2) is 0 Å². The number of nitrogens with one attached hydrogen (secondary N) is 1. The molecule has 1 aromatic rings. The maximum Gasteiger partial charge on any atom is 0.311 e. The van der Waals surface area contributed by atoms with Gasteiger partial charge in [0.1, 0.15) is 4.90 Å². The van der Waals surface area contributed by atoms with E-state index in [1.807, 2.05) is 0 Å². The maximum absolute atomic E-state index is 12.2. The average molecular weight is 381 g/mol. The molecule has 0 bridgehead atoms. The Labute approximate surface area is 153 Å². The van der Waals surface area contributed by atoms with Gasteiger partial charge < -0.3 is 15.3 Å². The summed E-state index contributed by atoms with van der Waals surface area (Å²) >= 11 is 0. The molecule has 1 amide bonds. The molecule has 8 nitrogen and oxygen atoms in total. The van der Waals surface area contributed by atoms with E-state index in [0.717, 1.165) is 0 Å². The van der Waals surface area contributed by atoms with Crippen LogP contribution >= 0.6 is 0 Å². The lowest BCUT2D eigenvalue weighted by molar-refractivity contribution is -0.149. The number of carboxylic acid groups (broad SMARTS) is 1. The Morgan fingerprint density at radius 1 is 1.23 bits per heavy atom. The molecule has 0 spiro atoms.